The molecule has 0 saturated carbocycles. The molecule has 2 rings (SSSR count). The van der Waals surface area contributed by atoms with Crippen molar-refractivity contribution in [1.29, 1.82) is 0 Å². The molecule has 0 aliphatic rings. The summed E-state index contributed by atoms with van der Waals surface area (Å²) in [5.74, 6) is 1.11. The Bertz CT molecular complexity index is 704. The fraction of sp³-hybridized carbons (Fsp3) is 0.409. The van der Waals surface area contributed by atoms with Crippen LogP contribution < -0.4 is 10.1 Å². The molecule has 0 saturated heterocycles. The SMILES string of the molecule is CCC(NC(=O)COc1ccc(C(C)C)cc1)c1ccc(C)cc1C. The lowest BCUT2D eigenvalue weighted by Crippen LogP contribution is -2.32. The number of nitrogens with one attached hydrogen (secondary N) is 1. The van der Waals surface area contributed by atoms with Crippen molar-refractivity contribution in [2.75, 3.05) is 6.61 Å². The number of aryl methyl sites for hydroxylation is 2. The van der Waals surface area contributed by atoms with Crippen molar-refractivity contribution in [2.24, 2.45) is 0 Å². The van der Waals surface area contributed by atoms with Crippen molar-refractivity contribution >= 4 is 5.91 Å². The summed E-state index contributed by atoms with van der Waals surface area (Å²) in [4.78, 5) is 12.3. The van der Waals surface area contributed by atoms with Gasteiger partial charge in [-0.05, 0) is 55.0 Å². The number of amides is 1. The van der Waals surface area contributed by atoms with Crippen molar-refractivity contribution in [3.8, 4) is 5.75 Å². The second-order valence-corrected chi connectivity index (χ2v) is 6.90. The minimum absolute atomic E-state index is 0.0139. The molecule has 1 N–H and O–H groups in total. The van der Waals surface area contributed by atoms with Crippen LogP contribution in [0.15, 0.2) is 42.5 Å². The molecule has 0 spiro atoms. The van der Waals surface area contributed by atoms with E-state index in [1.165, 1.54) is 22.3 Å². The van der Waals surface area contributed by atoms with Crippen LogP contribution in [0.4, 0.5) is 0 Å². The van der Waals surface area contributed by atoms with Crippen molar-refractivity contribution in [3.05, 3.63) is 64.7 Å². The lowest BCUT2D eigenvalue weighted by atomic mass is 9.97. The van der Waals surface area contributed by atoms with Crippen LogP contribution in [0.2, 0.25) is 0 Å². The fourth-order valence-corrected chi connectivity index (χ4v) is 2.95. The van der Waals surface area contributed by atoms with Crippen molar-refractivity contribution < 1.29 is 9.53 Å². The molecule has 0 heterocycles. The Hall–Kier alpha value is -2.29. The second kappa shape index (κ2) is 8.70. The van der Waals surface area contributed by atoms with Crippen LogP contribution in [0.1, 0.15) is 61.4 Å². The molecule has 2 aromatic rings. The van der Waals surface area contributed by atoms with Crippen molar-refractivity contribution in [1.82, 2.24) is 5.32 Å². The predicted octanol–water partition coefficient (Wildman–Crippen LogP) is 5.07. The van der Waals surface area contributed by atoms with Gasteiger partial charge in [0.15, 0.2) is 6.61 Å². The molecule has 3 nitrogen and oxygen atoms in total. The lowest BCUT2D eigenvalue weighted by Gasteiger charge is -2.20. The normalized spacial score (nSPS) is 12.1. The van der Waals surface area contributed by atoms with E-state index >= 15 is 0 Å². The number of carbonyl (C=O) groups excluding carboxylic acids is 1. The summed E-state index contributed by atoms with van der Waals surface area (Å²) in [6, 6.07) is 14.3. The van der Waals surface area contributed by atoms with Crippen LogP contribution in [-0.4, -0.2) is 12.5 Å². The minimum Gasteiger partial charge on any atom is -0.484 e. The van der Waals surface area contributed by atoms with Crippen LogP contribution in [0.25, 0.3) is 0 Å². The fourth-order valence-electron chi connectivity index (χ4n) is 2.95. The van der Waals surface area contributed by atoms with Crippen LogP contribution in [-0.2, 0) is 4.79 Å². The molecule has 3 heteroatoms. The van der Waals surface area contributed by atoms with E-state index in [1.54, 1.807) is 0 Å². The maximum absolute atomic E-state index is 12.3. The summed E-state index contributed by atoms with van der Waals surface area (Å²) in [6.07, 6.45) is 0.846. The van der Waals surface area contributed by atoms with Crippen molar-refractivity contribution in [3.63, 3.8) is 0 Å². The van der Waals surface area contributed by atoms with Gasteiger partial charge in [0, 0.05) is 0 Å². The highest BCUT2D eigenvalue weighted by atomic mass is 16.5. The van der Waals surface area contributed by atoms with Crippen LogP contribution >= 0.6 is 0 Å². The Balaban J connectivity index is 1.93. The number of carbonyl (C=O) groups is 1. The third-order valence-electron chi connectivity index (χ3n) is 4.46. The molecule has 1 unspecified atom stereocenters. The lowest BCUT2D eigenvalue weighted by molar-refractivity contribution is -0.123. The summed E-state index contributed by atoms with van der Waals surface area (Å²) in [5, 5.41) is 3.08. The highest BCUT2D eigenvalue weighted by Crippen LogP contribution is 2.22. The third-order valence-corrected chi connectivity index (χ3v) is 4.46. The smallest absolute Gasteiger partial charge is 0.258 e. The van der Waals surface area contributed by atoms with Gasteiger partial charge in [-0.1, -0.05) is 56.7 Å². The first kappa shape index (κ1) is 19.0. The number of benzene rings is 2. The monoisotopic (exact) mass is 339 g/mol. The van der Waals surface area contributed by atoms with Gasteiger partial charge in [-0.15, -0.1) is 0 Å². The zero-order valence-electron chi connectivity index (χ0n) is 15.9. The highest BCUT2D eigenvalue weighted by molar-refractivity contribution is 5.78. The summed E-state index contributed by atoms with van der Waals surface area (Å²) < 4.78 is 5.62. The Morgan fingerprint density at radius 3 is 2.32 bits per heavy atom. The largest absolute Gasteiger partial charge is 0.484 e. The number of ether oxygens (including phenoxy) is 1. The maximum atomic E-state index is 12.3. The third kappa shape index (κ3) is 5.35. The van der Waals surface area contributed by atoms with E-state index in [-0.39, 0.29) is 18.6 Å². The zero-order chi connectivity index (χ0) is 18.4. The van der Waals surface area contributed by atoms with E-state index in [4.69, 9.17) is 4.74 Å². The quantitative estimate of drug-likeness (QED) is 0.764. The summed E-state index contributed by atoms with van der Waals surface area (Å²) in [7, 11) is 0. The van der Waals surface area contributed by atoms with Gasteiger partial charge in [0.25, 0.3) is 5.91 Å². The van der Waals surface area contributed by atoms with E-state index in [1.807, 2.05) is 24.3 Å². The first-order valence-electron chi connectivity index (χ1n) is 9.00. The average molecular weight is 339 g/mol. The number of hydrogen-bond acceptors (Lipinski definition) is 2. The van der Waals surface area contributed by atoms with Gasteiger partial charge in [0.1, 0.15) is 5.75 Å². The maximum Gasteiger partial charge on any atom is 0.258 e. The summed E-state index contributed by atoms with van der Waals surface area (Å²) in [6.45, 7) is 10.6. The average Bonchev–Trinajstić information content (AvgIpc) is 2.58. The topological polar surface area (TPSA) is 38.3 Å². The molecular formula is C22H29NO2. The van der Waals surface area contributed by atoms with Gasteiger partial charge in [-0.25, -0.2) is 0 Å². The number of rotatable bonds is 7. The van der Waals surface area contributed by atoms with Gasteiger partial charge in [-0.2, -0.15) is 0 Å². The second-order valence-electron chi connectivity index (χ2n) is 6.90. The van der Waals surface area contributed by atoms with Gasteiger partial charge < -0.3 is 10.1 Å². The predicted molar refractivity (Wildman–Crippen MR) is 103 cm³/mol. The molecule has 0 aliphatic heterocycles. The van der Waals surface area contributed by atoms with E-state index in [2.05, 4.69) is 58.1 Å². The van der Waals surface area contributed by atoms with Gasteiger partial charge in [0.2, 0.25) is 0 Å². The Morgan fingerprint density at radius 1 is 1.08 bits per heavy atom. The minimum atomic E-state index is -0.0974. The first-order valence-corrected chi connectivity index (χ1v) is 9.00. The van der Waals surface area contributed by atoms with Crippen molar-refractivity contribution in [2.45, 2.75) is 53.0 Å². The van der Waals surface area contributed by atoms with E-state index in [9.17, 15) is 4.79 Å². The molecule has 2 aromatic carbocycles. The summed E-state index contributed by atoms with van der Waals surface area (Å²) >= 11 is 0. The summed E-state index contributed by atoms with van der Waals surface area (Å²) in [5.41, 5.74) is 4.87. The molecule has 0 fully saturated rings. The molecule has 25 heavy (non-hydrogen) atoms. The van der Waals surface area contributed by atoms with Gasteiger partial charge in [0.05, 0.1) is 6.04 Å². The van der Waals surface area contributed by atoms with E-state index in [0.29, 0.717) is 5.92 Å². The Morgan fingerprint density at radius 2 is 1.76 bits per heavy atom. The van der Waals surface area contributed by atoms with E-state index in [0.717, 1.165) is 12.2 Å². The molecule has 0 aromatic heterocycles. The van der Waals surface area contributed by atoms with Gasteiger partial charge in [-0.3, -0.25) is 4.79 Å². The molecule has 1 amide bonds. The van der Waals surface area contributed by atoms with E-state index < -0.39 is 0 Å². The molecule has 0 aliphatic carbocycles. The van der Waals surface area contributed by atoms with Crippen LogP contribution in [0, 0.1) is 13.8 Å². The van der Waals surface area contributed by atoms with Crippen LogP contribution in [0.3, 0.4) is 0 Å². The zero-order valence-corrected chi connectivity index (χ0v) is 15.9. The molecule has 0 bridgehead atoms. The van der Waals surface area contributed by atoms with Crippen LogP contribution in [0.5, 0.6) is 5.75 Å². The Labute approximate surface area is 151 Å². The van der Waals surface area contributed by atoms with Gasteiger partial charge >= 0.3 is 0 Å². The molecule has 0 radical (unpaired) electrons. The standard InChI is InChI=1S/C22H29NO2/c1-6-21(20-12-7-16(4)13-17(20)5)23-22(24)14-25-19-10-8-18(9-11-19)15(2)3/h7-13,15,21H,6,14H2,1-5H3,(H,23,24). The number of hydrogen-bond donors (Lipinski definition) is 1. The molecule has 1 atom stereocenters. The first-order chi connectivity index (χ1) is 11.9. The molecular weight excluding hydrogens is 310 g/mol. The highest BCUT2D eigenvalue weighted by Gasteiger charge is 2.15. The molecule has 134 valence electrons. The Kier molecular flexibility index (Phi) is 6.63.